The SMILES string of the molecule is C=C(C(N)=O)/C(=C\N)c1ccc(N)cc1.CC. The number of carbonyl (C=O) groups excluding carboxylic acids is 1. The van der Waals surface area contributed by atoms with E-state index in [9.17, 15) is 4.79 Å². The van der Waals surface area contributed by atoms with Crippen molar-refractivity contribution in [2.45, 2.75) is 13.8 Å². The molecule has 0 saturated carbocycles. The Hall–Kier alpha value is -2.23. The Labute approximate surface area is 102 Å². The average Bonchev–Trinajstić information content (AvgIpc) is 2.34. The fourth-order valence-electron chi connectivity index (χ4n) is 1.17. The van der Waals surface area contributed by atoms with Gasteiger partial charge in [0, 0.05) is 23.0 Å². The number of anilines is 1. The minimum atomic E-state index is -0.594. The van der Waals surface area contributed by atoms with Crippen LogP contribution in [-0.4, -0.2) is 5.91 Å². The molecule has 1 amide bonds. The molecule has 0 aliphatic heterocycles. The van der Waals surface area contributed by atoms with Crippen molar-refractivity contribution in [1.29, 1.82) is 0 Å². The van der Waals surface area contributed by atoms with Gasteiger partial charge in [0.05, 0.1) is 0 Å². The van der Waals surface area contributed by atoms with Gasteiger partial charge in [-0.1, -0.05) is 32.6 Å². The van der Waals surface area contributed by atoms with Crippen molar-refractivity contribution < 1.29 is 4.79 Å². The van der Waals surface area contributed by atoms with Gasteiger partial charge in [-0.3, -0.25) is 4.79 Å². The summed E-state index contributed by atoms with van der Waals surface area (Å²) in [5.74, 6) is -0.594. The first-order chi connectivity index (χ1) is 8.06. The maximum absolute atomic E-state index is 10.9. The second-order valence-corrected chi connectivity index (χ2v) is 3.05. The molecule has 0 spiro atoms. The van der Waals surface area contributed by atoms with Crippen molar-refractivity contribution in [3.05, 3.63) is 48.2 Å². The monoisotopic (exact) mass is 233 g/mol. The Kier molecular flexibility index (Phi) is 6.18. The molecule has 1 rings (SSSR count). The van der Waals surface area contributed by atoms with Crippen molar-refractivity contribution in [3.8, 4) is 0 Å². The number of nitrogen functional groups attached to an aromatic ring is 1. The van der Waals surface area contributed by atoms with Gasteiger partial charge in [0.15, 0.2) is 0 Å². The molecule has 4 nitrogen and oxygen atoms in total. The van der Waals surface area contributed by atoms with Crippen LogP contribution < -0.4 is 17.2 Å². The van der Waals surface area contributed by atoms with Crippen LogP contribution in [0.5, 0.6) is 0 Å². The minimum absolute atomic E-state index is 0.183. The van der Waals surface area contributed by atoms with E-state index in [1.807, 2.05) is 13.8 Å². The lowest BCUT2D eigenvalue weighted by Crippen LogP contribution is -2.14. The minimum Gasteiger partial charge on any atom is -0.404 e. The molecule has 0 aliphatic carbocycles. The maximum Gasteiger partial charge on any atom is 0.248 e. The lowest BCUT2D eigenvalue weighted by Gasteiger charge is -2.07. The third-order valence-electron chi connectivity index (χ3n) is 2.01. The largest absolute Gasteiger partial charge is 0.404 e. The molecule has 0 unspecified atom stereocenters. The highest BCUT2D eigenvalue weighted by atomic mass is 16.1. The van der Waals surface area contributed by atoms with E-state index in [0.717, 1.165) is 5.56 Å². The molecular weight excluding hydrogens is 214 g/mol. The van der Waals surface area contributed by atoms with Crippen LogP contribution in [0.1, 0.15) is 19.4 Å². The summed E-state index contributed by atoms with van der Waals surface area (Å²) < 4.78 is 0. The van der Waals surface area contributed by atoms with Gasteiger partial charge >= 0.3 is 0 Å². The molecule has 0 fully saturated rings. The fourth-order valence-corrected chi connectivity index (χ4v) is 1.17. The quantitative estimate of drug-likeness (QED) is 0.420. The number of hydrogen-bond acceptors (Lipinski definition) is 3. The molecule has 17 heavy (non-hydrogen) atoms. The first-order valence-corrected chi connectivity index (χ1v) is 5.33. The second-order valence-electron chi connectivity index (χ2n) is 3.05. The predicted molar refractivity (Wildman–Crippen MR) is 72.7 cm³/mol. The van der Waals surface area contributed by atoms with E-state index >= 15 is 0 Å². The Bertz CT molecular complexity index is 419. The fraction of sp³-hybridized carbons (Fsp3) is 0.154. The average molecular weight is 233 g/mol. The number of benzene rings is 1. The van der Waals surface area contributed by atoms with Gasteiger partial charge < -0.3 is 17.2 Å². The smallest absolute Gasteiger partial charge is 0.248 e. The molecular formula is C13H19N3O. The van der Waals surface area contributed by atoms with E-state index in [1.165, 1.54) is 6.20 Å². The second kappa shape index (κ2) is 7.11. The van der Waals surface area contributed by atoms with Gasteiger partial charge in [0.25, 0.3) is 0 Å². The van der Waals surface area contributed by atoms with Crippen LogP contribution in [0, 0.1) is 0 Å². The molecule has 92 valence electrons. The Morgan fingerprint density at radius 1 is 1.24 bits per heavy atom. The van der Waals surface area contributed by atoms with Crippen molar-refractivity contribution in [2.24, 2.45) is 11.5 Å². The summed E-state index contributed by atoms with van der Waals surface area (Å²) in [6.07, 6.45) is 1.30. The standard InChI is InChI=1S/C11H13N3O.C2H6/c1-7(11(14)15)10(6-12)8-2-4-9(13)5-3-8;1-2/h2-6H,1,12-13H2,(H2,14,15);1-2H3/b10-6+;. The normalized spacial score (nSPS) is 10.1. The molecule has 0 heterocycles. The Morgan fingerprint density at radius 2 is 1.71 bits per heavy atom. The van der Waals surface area contributed by atoms with Crippen molar-refractivity contribution in [2.75, 3.05) is 5.73 Å². The van der Waals surface area contributed by atoms with Crippen LogP contribution in [0.15, 0.2) is 42.6 Å². The van der Waals surface area contributed by atoms with Crippen LogP contribution in [0.2, 0.25) is 0 Å². The van der Waals surface area contributed by atoms with E-state index in [-0.39, 0.29) is 5.57 Å². The summed E-state index contributed by atoms with van der Waals surface area (Å²) in [5, 5.41) is 0. The number of nitrogens with two attached hydrogens (primary N) is 3. The first kappa shape index (κ1) is 14.8. The molecule has 6 N–H and O–H groups in total. The van der Waals surface area contributed by atoms with Crippen LogP contribution >= 0.6 is 0 Å². The van der Waals surface area contributed by atoms with Gasteiger partial charge in [-0.05, 0) is 17.7 Å². The van der Waals surface area contributed by atoms with Crippen LogP contribution in [0.25, 0.3) is 5.57 Å². The highest BCUT2D eigenvalue weighted by molar-refractivity contribution is 6.07. The van der Waals surface area contributed by atoms with E-state index in [0.29, 0.717) is 11.3 Å². The highest BCUT2D eigenvalue weighted by Crippen LogP contribution is 2.21. The van der Waals surface area contributed by atoms with Crippen LogP contribution in [0.4, 0.5) is 5.69 Å². The van der Waals surface area contributed by atoms with Gasteiger partial charge in [-0.15, -0.1) is 0 Å². The zero-order chi connectivity index (χ0) is 13.4. The predicted octanol–water partition coefficient (Wildman–Crippen LogP) is 1.64. The maximum atomic E-state index is 10.9. The number of amides is 1. The summed E-state index contributed by atoms with van der Waals surface area (Å²) in [6, 6.07) is 6.94. The van der Waals surface area contributed by atoms with E-state index in [4.69, 9.17) is 17.2 Å². The molecule has 0 bridgehead atoms. The summed E-state index contributed by atoms with van der Waals surface area (Å²) in [5.41, 5.74) is 18.2. The highest BCUT2D eigenvalue weighted by Gasteiger charge is 2.09. The van der Waals surface area contributed by atoms with E-state index < -0.39 is 5.91 Å². The molecule has 0 saturated heterocycles. The molecule has 0 radical (unpaired) electrons. The van der Waals surface area contributed by atoms with Gasteiger partial charge in [0.1, 0.15) is 0 Å². The van der Waals surface area contributed by atoms with Crippen molar-refractivity contribution in [1.82, 2.24) is 0 Å². The summed E-state index contributed by atoms with van der Waals surface area (Å²) >= 11 is 0. The van der Waals surface area contributed by atoms with Crippen LogP contribution in [-0.2, 0) is 4.79 Å². The molecule has 4 heteroatoms. The van der Waals surface area contributed by atoms with E-state index in [2.05, 4.69) is 6.58 Å². The number of primary amides is 1. The number of hydrogen-bond donors (Lipinski definition) is 3. The summed E-state index contributed by atoms with van der Waals surface area (Å²) in [6.45, 7) is 7.57. The Morgan fingerprint density at radius 3 is 2.06 bits per heavy atom. The van der Waals surface area contributed by atoms with Crippen molar-refractivity contribution >= 4 is 17.2 Å². The lowest BCUT2D eigenvalue weighted by molar-refractivity contribution is -0.114. The van der Waals surface area contributed by atoms with Gasteiger partial charge in [-0.25, -0.2) is 0 Å². The topological polar surface area (TPSA) is 95.1 Å². The number of carbonyl (C=O) groups is 1. The van der Waals surface area contributed by atoms with E-state index in [1.54, 1.807) is 24.3 Å². The number of rotatable bonds is 3. The van der Waals surface area contributed by atoms with Gasteiger partial charge in [0.2, 0.25) is 5.91 Å². The van der Waals surface area contributed by atoms with Crippen molar-refractivity contribution in [3.63, 3.8) is 0 Å². The Balaban J connectivity index is 0.00000121. The third-order valence-corrected chi connectivity index (χ3v) is 2.01. The molecule has 0 atom stereocenters. The summed E-state index contributed by atoms with van der Waals surface area (Å²) in [7, 11) is 0. The zero-order valence-electron chi connectivity index (χ0n) is 10.2. The summed E-state index contributed by atoms with van der Waals surface area (Å²) in [4.78, 5) is 10.9. The van der Waals surface area contributed by atoms with Crippen LogP contribution in [0.3, 0.4) is 0 Å². The zero-order valence-corrected chi connectivity index (χ0v) is 10.2. The lowest BCUT2D eigenvalue weighted by atomic mass is 9.99. The molecule has 1 aromatic rings. The first-order valence-electron chi connectivity index (χ1n) is 5.33. The molecule has 1 aromatic carbocycles. The molecule has 0 aromatic heterocycles. The third kappa shape index (κ3) is 4.03. The molecule has 0 aliphatic rings. The van der Waals surface area contributed by atoms with Gasteiger partial charge in [-0.2, -0.15) is 0 Å².